The Morgan fingerprint density at radius 3 is 2.47 bits per heavy atom. The number of pyridine rings is 1. The van der Waals surface area contributed by atoms with Gasteiger partial charge in [-0.05, 0) is 76.9 Å². The molecule has 2 aliphatic rings. The highest BCUT2D eigenvalue weighted by Crippen LogP contribution is 2.48. The molecule has 6 rings (SSSR count). The number of nitrogens with zero attached hydrogens (tertiary/aromatic N) is 1. The highest BCUT2D eigenvalue weighted by atomic mass is 32.2. The number of nitrogens with two attached hydrogens (primary N) is 1. The van der Waals surface area contributed by atoms with Gasteiger partial charge >= 0.3 is 0 Å². The minimum absolute atomic E-state index is 0.140. The molecule has 7 heteroatoms. The molecule has 1 aliphatic carbocycles. The van der Waals surface area contributed by atoms with Gasteiger partial charge in [0.25, 0.3) is 5.56 Å². The fourth-order valence-corrected chi connectivity index (χ4v) is 6.51. The highest BCUT2D eigenvalue weighted by Gasteiger charge is 2.37. The van der Waals surface area contributed by atoms with Crippen LogP contribution in [0.25, 0.3) is 10.8 Å². The first-order valence-electron chi connectivity index (χ1n) is 12.1. The molecule has 180 valence electrons. The summed E-state index contributed by atoms with van der Waals surface area (Å²) in [7, 11) is 0. The van der Waals surface area contributed by atoms with Crippen molar-refractivity contribution >= 4 is 40.0 Å². The molecular weight excluding hydrogens is 470 g/mol. The van der Waals surface area contributed by atoms with E-state index >= 15 is 0 Å². The van der Waals surface area contributed by atoms with E-state index in [2.05, 4.69) is 35.6 Å². The van der Waals surface area contributed by atoms with Gasteiger partial charge in [0.05, 0.1) is 5.03 Å². The third kappa shape index (κ3) is 4.09. The minimum atomic E-state index is -0.586. The predicted molar refractivity (Wildman–Crippen MR) is 143 cm³/mol. The van der Waals surface area contributed by atoms with Gasteiger partial charge in [0.2, 0.25) is 11.8 Å². The standard InChI is InChI=1S/C29H25N3O3S/c30-27(34)19-10-12-22(13-11-19)31-28(35)24-16-36-29-26(18-8-9-18)21(15-25(33)32(24)29)14-20-6-3-5-17-4-1-2-7-23(17)20/h1-7,10-13,15,18,24H,8-9,14,16H2,(H2,30,34)(H,31,35)/t24-/m0/s1. The van der Waals surface area contributed by atoms with E-state index in [0.29, 0.717) is 29.3 Å². The zero-order valence-corrected chi connectivity index (χ0v) is 20.4. The third-order valence-electron chi connectivity index (χ3n) is 7.01. The summed E-state index contributed by atoms with van der Waals surface area (Å²) in [5.74, 6) is 0.191. The van der Waals surface area contributed by atoms with E-state index in [4.69, 9.17) is 5.73 Å². The quantitative estimate of drug-likeness (QED) is 0.400. The molecule has 6 nitrogen and oxygen atoms in total. The van der Waals surface area contributed by atoms with Crippen molar-refractivity contribution in [2.24, 2.45) is 5.73 Å². The summed E-state index contributed by atoms with van der Waals surface area (Å²) < 4.78 is 1.68. The Hall–Kier alpha value is -3.84. The Bertz CT molecular complexity index is 1570. The summed E-state index contributed by atoms with van der Waals surface area (Å²) >= 11 is 1.60. The van der Waals surface area contributed by atoms with Crippen molar-refractivity contribution in [1.82, 2.24) is 4.57 Å². The van der Waals surface area contributed by atoms with Crippen LogP contribution in [0.4, 0.5) is 5.69 Å². The lowest BCUT2D eigenvalue weighted by Crippen LogP contribution is -2.33. The monoisotopic (exact) mass is 495 g/mol. The molecule has 0 saturated heterocycles. The number of benzene rings is 3. The average Bonchev–Trinajstić information content (AvgIpc) is 3.61. The SMILES string of the molecule is NC(=O)c1ccc(NC(=O)[C@@H]2CSc3c(C4CC4)c(Cc4cccc5ccccc45)cc(=O)n32)cc1. The Kier molecular flexibility index (Phi) is 5.64. The number of amides is 2. The van der Waals surface area contributed by atoms with Crippen molar-refractivity contribution in [3.8, 4) is 0 Å². The molecule has 3 aromatic carbocycles. The first kappa shape index (κ1) is 22.6. The van der Waals surface area contributed by atoms with Crippen molar-refractivity contribution < 1.29 is 9.59 Å². The second kappa shape index (κ2) is 8.99. The second-order valence-electron chi connectivity index (χ2n) is 9.44. The van der Waals surface area contributed by atoms with Crippen molar-refractivity contribution in [3.63, 3.8) is 0 Å². The summed E-state index contributed by atoms with van der Waals surface area (Å²) in [6, 6.07) is 22.2. The number of aromatic nitrogens is 1. The van der Waals surface area contributed by atoms with Gasteiger partial charge in [0.15, 0.2) is 0 Å². The van der Waals surface area contributed by atoms with Crippen molar-refractivity contribution in [2.45, 2.75) is 36.2 Å². The lowest BCUT2D eigenvalue weighted by Gasteiger charge is -2.18. The highest BCUT2D eigenvalue weighted by molar-refractivity contribution is 7.99. The van der Waals surface area contributed by atoms with Crippen LogP contribution in [-0.4, -0.2) is 22.1 Å². The van der Waals surface area contributed by atoms with E-state index in [9.17, 15) is 14.4 Å². The summed E-state index contributed by atoms with van der Waals surface area (Å²) in [6.07, 6.45) is 2.91. The largest absolute Gasteiger partial charge is 0.366 e. The fraction of sp³-hybridized carbons (Fsp3) is 0.207. The molecule has 4 aromatic rings. The van der Waals surface area contributed by atoms with Crippen molar-refractivity contribution in [2.75, 3.05) is 11.1 Å². The van der Waals surface area contributed by atoms with Gasteiger partial charge in [-0.1, -0.05) is 42.5 Å². The summed E-state index contributed by atoms with van der Waals surface area (Å²) in [5, 5.41) is 6.22. The van der Waals surface area contributed by atoms with E-state index in [1.807, 2.05) is 12.1 Å². The lowest BCUT2D eigenvalue weighted by atomic mass is 9.95. The van der Waals surface area contributed by atoms with Gasteiger partial charge < -0.3 is 11.1 Å². The van der Waals surface area contributed by atoms with Crippen LogP contribution in [0.3, 0.4) is 0 Å². The zero-order valence-electron chi connectivity index (χ0n) is 19.6. The maximum absolute atomic E-state index is 13.4. The molecule has 1 atom stereocenters. The van der Waals surface area contributed by atoms with E-state index < -0.39 is 11.9 Å². The third-order valence-corrected chi connectivity index (χ3v) is 8.18. The van der Waals surface area contributed by atoms with E-state index in [1.165, 1.54) is 21.9 Å². The Morgan fingerprint density at radius 2 is 1.72 bits per heavy atom. The summed E-state index contributed by atoms with van der Waals surface area (Å²) in [5.41, 5.74) is 9.60. The molecule has 0 spiro atoms. The molecule has 0 bridgehead atoms. The lowest BCUT2D eigenvalue weighted by molar-refractivity contribution is -0.118. The molecule has 2 amide bonds. The van der Waals surface area contributed by atoms with Gasteiger partial charge in [-0.3, -0.25) is 19.0 Å². The number of anilines is 1. The van der Waals surface area contributed by atoms with Crippen LogP contribution in [0, 0.1) is 0 Å². The Labute approximate surface area is 212 Å². The maximum Gasteiger partial charge on any atom is 0.252 e. The van der Waals surface area contributed by atoms with Crippen LogP contribution in [0.2, 0.25) is 0 Å². The number of fused-ring (bicyclic) bond motifs is 2. The molecule has 0 radical (unpaired) electrons. The van der Waals surface area contributed by atoms with E-state index in [1.54, 1.807) is 46.7 Å². The number of carbonyl (C=O) groups is 2. The molecule has 1 aliphatic heterocycles. The van der Waals surface area contributed by atoms with Crippen LogP contribution in [0.1, 0.15) is 51.8 Å². The zero-order chi connectivity index (χ0) is 24.8. The number of carbonyl (C=O) groups excluding carboxylic acids is 2. The molecule has 1 saturated carbocycles. The molecule has 2 heterocycles. The number of primary amides is 1. The second-order valence-corrected chi connectivity index (χ2v) is 10.5. The van der Waals surface area contributed by atoms with E-state index in [0.717, 1.165) is 23.4 Å². The summed E-state index contributed by atoms with van der Waals surface area (Å²) in [4.78, 5) is 37.9. The average molecular weight is 496 g/mol. The summed E-state index contributed by atoms with van der Waals surface area (Å²) in [6.45, 7) is 0. The van der Waals surface area contributed by atoms with Gasteiger partial charge in [-0.2, -0.15) is 0 Å². The number of rotatable bonds is 6. The van der Waals surface area contributed by atoms with Gasteiger partial charge in [-0.25, -0.2) is 0 Å². The fourth-order valence-electron chi connectivity index (χ4n) is 5.08. The van der Waals surface area contributed by atoms with Gasteiger partial charge in [0.1, 0.15) is 6.04 Å². The van der Waals surface area contributed by atoms with Crippen LogP contribution >= 0.6 is 11.8 Å². The number of hydrogen-bond donors (Lipinski definition) is 2. The van der Waals surface area contributed by atoms with Gasteiger partial charge in [0, 0.05) is 23.1 Å². The number of nitrogens with one attached hydrogen (secondary N) is 1. The van der Waals surface area contributed by atoms with Crippen molar-refractivity contribution in [3.05, 3.63) is 105 Å². The molecular formula is C29H25N3O3S. The van der Waals surface area contributed by atoms with Crippen molar-refractivity contribution in [1.29, 1.82) is 0 Å². The number of thioether (sulfide) groups is 1. The molecule has 1 fully saturated rings. The number of hydrogen-bond acceptors (Lipinski definition) is 4. The molecule has 1 aromatic heterocycles. The van der Waals surface area contributed by atoms with Crippen LogP contribution in [-0.2, 0) is 11.2 Å². The first-order valence-corrected chi connectivity index (χ1v) is 13.1. The molecule has 0 unspecified atom stereocenters. The molecule has 36 heavy (non-hydrogen) atoms. The Morgan fingerprint density at radius 1 is 0.972 bits per heavy atom. The predicted octanol–water partition coefficient (Wildman–Crippen LogP) is 4.85. The molecule has 3 N–H and O–H groups in total. The van der Waals surface area contributed by atoms with Gasteiger partial charge in [-0.15, -0.1) is 11.8 Å². The minimum Gasteiger partial charge on any atom is -0.366 e. The van der Waals surface area contributed by atoms with Crippen LogP contribution < -0.4 is 16.6 Å². The topological polar surface area (TPSA) is 94.2 Å². The van der Waals surface area contributed by atoms with Crippen LogP contribution in [0.5, 0.6) is 0 Å². The smallest absolute Gasteiger partial charge is 0.252 e. The van der Waals surface area contributed by atoms with Crippen LogP contribution in [0.15, 0.2) is 82.6 Å². The Balaban J connectivity index is 1.33. The van der Waals surface area contributed by atoms with E-state index in [-0.39, 0.29) is 11.5 Å². The normalized spacial score (nSPS) is 16.6. The maximum atomic E-state index is 13.4. The first-order chi connectivity index (χ1) is 17.5.